The van der Waals surface area contributed by atoms with Crippen LogP contribution < -0.4 is 10.5 Å². The summed E-state index contributed by atoms with van der Waals surface area (Å²) in [6.07, 6.45) is 2.24. The Hall–Kier alpha value is -1.06. The van der Waals surface area contributed by atoms with Gasteiger partial charge in [-0.3, -0.25) is 0 Å². The Kier molecular flexibility index (Phi) is 6.67. The standard InChI is InChI=1S/C14H23NO2/c1-3-5-10-16-11-14(15)12-6-8-13(9-7-12)17-4-2/h6-9,14H,3-5,10-11,15H2,1-2H3. The van der Waals surface area contributed by atoms with Gasteiger partial charge in [0, 0.05) is 6.61 Å². The van der Waals surface area contributed by atoms with Crippen molar-refractivity contribution in [3.63, 3.8) is 0 Å². The van der Waals surface area contributed by atoms with Gasteiger partial charge in [0.1, 0.15) is 5.75 Å². The summed E-state index contributed by atoms with van der Waals surface area (Å²) in [5.41, 5.74) is 7.12. The van der Waals surface area contributed by atoms with Gasteiger partial charge in [0.15, 0.2) is 0 Å². The number of nitrogens with two attached hydrogens (primary N) is 1. The molecule has 1 rings (SSSR count). The lowest BCUT2D eigenvalue weighted by Gasteiger charge is -2.13. The van der Waals surface area contributed by atoms with Crippen LogP contribution >= 0.6 is 0 Å². The van der Waals surface area contributed by atoms with Gasteiger partial charge in [-0.05, 0) is 31.0 Å². The molecule has 1 unspecified atom stereocenters. The molecule has 3 nitrogen and oxygen atoms in total. The number of unbranched alkanes of at least 4 members (excludes halogenated alkanes) is 1. The third-order valence-electron chi connectivity index (χ3n) is 2.56. The van der Waals surface area contributed by atoms with Crippen molar-refractivity contribution in [1.82, 2.24) is 0 Å². The Balaban J connectivity index is 2.37. The van der Waals surface area contributed by atoms with Gasteiger partial charge in [-0.2, -0.15) is 0 Å². The summed E-state index contributed by atoms with van der Waals surface area (Å²) in [4.78, 5) is 0. The first-order valence-electron chi connectivity index (χ1n) is 6.34. The van der Waals surface area contributed by atoms with Crippen molar-refractivity contribution < 1.29 is 9.47 Å². The highest BCUT2D eigenvalue weighted by Gasteiger charge is 2.05. The molecule has 0 aliphatic heterocycles. The SMILES string of the molecule is CCCCOCC(N)c1ccc(OCC)cc1. The van der Waals surface area contributed by atoms with Gasteiger partial charge in [0.25, 0.3) is 0 Å². The van der Waals surface area contributed by atoms with E-state index in [2.05, 4.69) is 6.92 Å². The molecule has 0 radical (unpaired) electrons. The number of rotatable bonds is 8. The van der Waals surface area contributed by atoms with E-state index in [-0.39, 0.29) is 6.04 Å². The number of benzene rings is 1. The second kappa shape index (κ2) is 8.09. The topological polar surface area (TPSA) is 44.5 Å². The number of hydrogen-bond acceptors (Lipinski definition) is 3. The first-order chi connectivity index (χ1) is 8.27. The molecular formula is C14H23NO2. The molecule has 0 heterocycles. The molecule has 0 aliphatic rings. The maximum Gasteiger partial charge on any atom is 0.119 e. The van der Waals surface area contributed by atoms with E-state index in [1.165, 1.54) is 0 Å². The normalized spacial score (nSPS) is 12.4. The van der Waals surface area contributed by atoms with Crippen molar-refractivity contribution in [2.75, 3.05) is 19.8 Å². The monoisotopic (exact) mass is 237 g/mol. The molecule has 0 saturated heterocycles. The van der Waals surface area contributed by atoms with E-state index in [4.69, 9.17) is 15.2 Å². The molecule has 96 valence electrons. The summed E-state index contributed by atoms with van der Waals surface area (Å²) in [7, 11) is 0. The van der Waals surface area contributed by atoms with Gasteiger partial charge < -0.3 is 15.2 Å². The molecule has 0 aromatic heterocycles. The fraction of sp³-hybridized carbons (Fsp3) is 0.571. The van der Waals surface area contributed by atoms with E-state index < -0.39 is 0 Å². The Morgan fingerprint density at radius 2 is 1.88 bits per heavy atom. The lowest BCUT2D eigenvalue weighted by Crippen LogP contribution is -2.17. The molecule has 0 bridgehead atoms. The summed E-state index contributed by atoms with van der Waals surface area (Å²) in [5.74, 6) is 0.885. The molecule has 1 aromatic carbocycles. The summed E-state index contributed by atoms with van der Waals surface area (Å²) in [6.45, 7) is 6.18. The summed E-state index contributed by atoms with van der Waals surface area (Å²) < 4.78 is 10.9. The largest absolute Gasteiger partial charge is 0.494 e. The van der Waals surface area contributed by atoms with Gasteiger partial charge in [-0.1, -0.05) is 25.5 Å². The van der Waals surface area contributed by atoms with E-state index in [1.54, 1.807) is 0 Å². The summed E-state index contributed by atoms with van der Waals surface area (Å²) in [5, 5.41) is 0. The van der Waals surface area contributed by atoms with Crippen LogP contribution in [0.3, 0.4) is 0 Å². The van der Waals surface area contributed by atoms with Crippen molar-refractivity contribution in [1.29, 1.82) is 0 Å². The molecule has 17 heavy (non-hydrogen) atoms. The molecule has 0 saturated carbocycles. The van der Waals surface area contributed by atoms with E-state index >= 15 is 0 Å². The maximum atomic E-state index is 6.04. The van der Waals surface area contributed by atoms with Crippen molar-refractivity contribution in [3.05, 3.63) is 29.8 Å². The van der Waals surface area contributed by atoms with Crippen LogP contribution in [0.25, 0.3) is 0 Å². The third-order valence-corrected chi connectivity index (χ3v) is 2.56. The van der Waals surface area contributed by atoms with E-state index in [0.29, 0.717) is 13.2 Å². The zero-order valence-corrected chi connectivity index (χ0v) is 10.8. The highest BCUT2D eigenvalue weighted by Crippen LogP contribution is 2.16. The second-order valence-electron chi connectivity index (χ2n) is 4.04. The van der Waals surface area contributed by atoms with Crippen LogP contribution in [0.2, 0.25) is 0 Å². The molecule has 3 heteroatoms. The quantitative estimate of drug-likeness (QED) is 0.707. The first kappa shape index (κ1) is 14.0. The average molecular weight is 237 g/mol. The lowest BCUT2D eigenvalue weighted by molar-refractivity contribution is 0.118. The molecule has 0 spiro atoms. The molecule has 0 aliphatic carbocycles. The first-order valence-corrected chi connectivity index (χ1v) is 6.34. The van der Waals surface area contributed by atoms with Crippen molar-refractivity contribution >= 4 is 0 Å². The van der Waals surface area contributed by atoms with Crippen LogP contribution in [0.5, 0.6) is 5.75 Å². The number of ether oxygens (including phenoxy) is 2. The van der Waals surface area contributed by atoms with Crippen LogP contribution in [0.1, 0.15) is 38.3 Å². The zero-order chi connectivity index (χ0) is 12.5. The molecular weight excluding hydrogens is 214 g/mol. The van der Waals surface area contributed by atoms with Crippen LogP contribution in [0.4, 0.5) is 0 Å². The minimum atomic E-state index is -0.0532. The van der Waals surface area contributed by atoms with Crippen LogP contribution in [-0.2, 0) is 4.74 Å². The van der Waals surface area contributed by atoms with Crippen molar-refractivity contribution in [2.45, 2.75) is 32.7 Å². The molecule has 0 fully saturated rings. The Bertz CT molecular complexity index is 298. The lowest BCUT2D eigenvalue weighted by atomic mass is 10.1. The van der Waals surface area contributed by atoms with Gasteiger partial charge in [0.05, 0.1) is 19.3 Å². The summed E-state index contributed by atoms with van der Waals surface area (Å²) >= 11 is 0. The highest BCUT2D eigenvalue weighted by atomic mass is 16.5. The highest BCUT2D eigenvalue weighted by molar-refractivity contribution is 5.29. The van der Waals surface area contributed by atoms with Gasteiger partial charge >= 0.3 is 0 Å². The molecule has 2 N–H and O–H groups in total. The fourth-order valence-electron chi connectivity index (χ4n) is 1.53. The minimum Gasteiger partial charge on any atom is -0.494 e. The van der Waals surface area contributed by atoms with Crippen LogP contribution in [0, 0.1) is 0 Å². The minimum absolute atomic E-state index is 0.0532. The predicted molar refractivity (Wildman–Crippen MR) is 70.3 cm³/mol. The van der Waals surface area contributed by atoms with Gasteiger partial charge in [0.2, 0.25) is 0 Å². The second-order valence-corrected chi connectivity index (χ2v) is 4.04. The predicted octanol–water partition coefficient (Wildman–Crippen LogP) is 2.90. The smallest absolute Gasteiger partial charge is 0.119 e. The number of hydrogen-bond donors (Lipinski definition) is 1. The van der Waals surface area contributed by atoms with Crippen molar-refractivity contribution in [3.8, 4) is 5.75 Å². The van der Waals surface area contributed by atoms with Crippen molar-refractivity contribution in [2.24, 2.45) is 5.73 Å². The Morgan fingerprint density at radius 1 is 1.18 bits per heavy atom. The van der Waals surface area contributed by atoms with E-state index in [0.717, 1.165) is 30.8 Å². The Labute approximate surface area is 104 Å². The third kappa shape index (κ3) is 5.20. The maximum absolute atomic E-state index is 6.04. The molecule has 1 atom stereocenters. The van der Waals surface area contributed by atoms with Crippen LogP contribution in [-0.4, -0.2) is 19.8 Å². The fourth-order valence-corrected chi connectivity index (χ4v) is 1.53. The molecule has 0 amide bonds. The van der Waals surface area contributed by atoms with E-state index in [9.17, 15) is 0 Å². The molecule has 1 aromatic rings. The summed E-state index contributed by atoms with van der Waals surface area (Å²) in [6, 6.07) is 7.84. The zero-order valence-electron chi connectivity index (χ0n) is 10.8. The van der Waals surface area contributed by atoms with E-state index in [1.807, 2.05) is 31.2 Å². The van der Waals surface area contributed by atoms with Gasteiger partial charge in [-0.15, -0.1) is 0 Å². The Morgan fingerprint density at radius 3 is 2.47 bits per heavy atom. The van der Waals surface area contributed by atoms with Gasteiger partial charge in [-0.25, -0.2) is 0 Å². The van der Waals surface area contributed by atoms with Crippen LogP contribution in [0.15, 0.2) is 24.3 Å². The average Bonchev–Trinajstić information content (AvgIpc) is 2.36.